The van der Waals surface area contributed by atoms with Crippen molar-refractivity contribution in [2.75, 3.05) is 0 Å². The van der Waals surface area contributed by atoms with E-state index >= 15 is 0 Å². The Morgan fingerprint density at radius 3 is 2.26 bits per heavy atom. The zero-order valence-corrected chi connectivity index (χ0v) is 12.5. The highest BCUT2D eigenvalue weighted by atomic mass is 16.2. The van der Waals surface area contributed by atoms with Crippen LogP contribution < -0.4 is 0 Å². The highest BCUT2D eigenvalue weighted by Crippen LogP contribution is 2.17. The summed E-state index contributed by atoms with van der Waals surface area (Å²) in [6, 6.07) is 4.14. The summed E-state index contributed by atoms with van der Waals surface area (Å²) in [6.45, 7) is 8.30. The van der Waals surface area contributed by atoms with Crippen LogP contribution in [0.2, 0.25) is 0 Å². The van der Waals surface area contributed by atoms with Gasteiger partial charge in [0.05, 0.1) is 5.56 Å². The van der Waals surface area contributed by atoms with Crippen molar-refractivity contribution in [1.82, 2.24) is 9.47 Å². The molecule has 0 aliphatic carbocycles. The molecule has 2 atom stereocenters. The van der Waals surface area contributed by atoms with Crippen LogP contribution in [-0.4, -0.2) is 27.5 Å². The molecule has 0 bridgehead atoms. The summed E-state index contributed by atoms with van der Waals surface area (Å²) in [4.78, 5) is 14.6. The Morgan fingerprint density at radius 1 is 1.37 bits per heavy atom. The monoisotopic (exact) mass is 261 g/mol. The van der Waals surface area contributed by atoms with Crippen molar-refractivity contribution in [3.05, 3.63) is 23.5 Å². The van der Waals surface area contributed by atoms with E-state index in [0.717, 1.165) is 12.8 Å². The van der Waals surface area contributed by atoms with E-state index in [0.29, 0.717) is 11.3 Å². The topological polar surface area (TPSA) is 49.0 Å². The van der Waals surface area contributed by atoms with Gasteiger partial charge in [-0.1, -0.05) is 13.8 Å². The molecule has 0 aromatic carbocycles. The average molecular weight is 261 g/mol. The zero-order valence-electron chi connectivity index (χ0n) is 12.5. The minimum Gasteiger partial charge on any atom is -0.345 e. The van der Waals surface area contributed by atoms with Crippen LogP contribution in [0.1, 0.15) is 56.6 Å². The number of nitrogens with zero attached hydrogens (tertiary/aromatic N) is 3. The van der Waals surface area contributed by atoms with Crippen molar-refractivity contribution >= 4 is 5.91 Å². The molecule has 1 aromatic rings. The number of amides is 1. The summed E-state index contributed by atoms with van der Waals surface area (Å²) in [5.74, 6) is 0.00713. The van der Waals surface area contributed by atoms with Crippen LogP contribution >= 0.6 is 0 Å². The number of hydrogen-bond donors (Lipinski definition) is 0. The molecule has 1 amide bonds. The van der Waals surface area contributed by atoms with Gasteiger partial charge in [-0.05, 0) is 32.8 Å². The fourth-order valence-corrected chi connectivity index (χ4v) is 2.20. The number of rotatable bonds is 5. The van der Waals surface area contributed by atoms with Gasteiger partial charge >= 0.3 is 0 Å². The molecular formula is C15H23N3O. The van der Waals surface area contributed by atoms with E-state index in [1.54, 1.807) is 23.9 Å². The maximum atomic E-state index is 12.7. The Kier molecular flexibility index (Phi) is 5.17. The van der Waals surface area contributed by atoms with Gasteiger partial charge in [0, 0.05) is 25.3 Å². The first-order valence-electron chi connectivity index (χ1n) is 6.85. The van der Waals surface area contributed by atoms with Crippen LogP contribution in [0, 0.1) is 11.3 Å². The first-order valence-corrected chi connectivity index (χ1v) is 6.85. The van der Waals surface area contributed by atoms with Crippen LogP contribution in [0.5, 0.6) is 0 Å². The van der Waals surface area contributed by atoms with E-state index in [9.17, 15) is 4.79 Å². The number of aromatic nitrogens is 1. The first-order chi connectivity index (χ1) is 8.96. The highest BCUT2D eigenvalue weighted by Gasteiger charge is 2.26. The van der Waals surface area contributed by atoms with Crippen LogP contribution in [0.25, 0.3) is 0 Å². The predicted octanol–water partition coefficient (Wildman–Crippen LogP) is 2.94. The third-order valence-corrected chi connectivity index (χ3v) is 3.72. The van der Waals surface area contributed by atoms with Crippen molar-refractivity contribution < 1.29 is 4.79 Å². The van der Waals surface area contributed by atoms with Crippen molar-refractivity contribution in [1.29, 1.82) is 5.26 Å². The maximum absolute atomic E-state index is 12.7. The Morgan fingerprint density at radius 2 is 1.89 bits per heavy atom. The van der Waals surface area contributed by atoms with E-state index in [1.807, 2.05) is 4.90 Å². The van der Waals surface area contributed by atoms with E-state index in [1.165, 1.54) is 0 Å². The molecule has 4 heteroatoms. The Bertz CT molecular complexity index is 474. The molecular weight excluding hydrogens is 238 g/mol. The molecule has 1 rings (SSSR count). The highest BCUT2D eigenvalue weighted by molar-refractivity contribution is 5.93. The minimum atomic E-state index is 0.00713. The minimum absolute atomic E-state index is 0.00713. The lowest BCUT2D eigenvalue weighted by Gasteiger charge is -2.34. The molecule has 0 fully saturated rings. The molecule has 4 nitrogen and oxygen atoms in total. The molecule has 0 radical (unpaired) electrons. The lowest BCUT2D eigenvalue weighted by Crippen LogP contribution is -2.44. The van der Waals surface area contributed by atoms with Crippen LogP contribution in [0.3, 0.4) is 0 Å². The van der Waals surface area contributed by atoms with Crippen molar-refractivity contribution in [2.24, 2.45) is 7.05 Å². The van der Waals surface area contributed by atoms with Gasteiger partial charge in [-0.25, -0.2) is 0 Å². The second kappa shape index (κ2) is 6.42. The van der Waals surface area contributed by atoms with Crippen molar-refractivity contribution in [3.8, 4) is 6.07 Å². The predicted molar refractivity (Wildman–Crippen MR) is 75.8 cm³/mol. The molecule has 0 spiro atoms. The number of hydrogen-bond acceptors (Lipinski definition) is 2. The average Bonchev–Trinajstić information content (AvgIpc) is 2.79. The summed E-state index contributed by atoms with van der Waals surface area (Å²) in [7, 11) is 1.81. The molecule has 19 heavy (non-hydrogen) atoms. The molecule has 0 aliphatic rings. The molecule has 1 heterocycles. The molecule has 0 unspecified atom stereocenters. The summed E-state index contributed by atoms with van der Waals surface area (Å²) in [6.07, 6.45) is 3.54. The molecule has 0 saturated carbocycles. The van der Waals surface area contributed by atoms with Gasteiger partial charge < -0.3 is 9.47 Å². The lowest BCUT2D eigenvalue weighted by molar-refractivity contribution is 0.0588. The largest absolute Gasteiger partial charge is 0.345 e. The van der Waals surface area contributed by atoms with Crippen LogP contribution in [-0.2, 0) is 7.05 Å². The van der Waals surface area contributed by atoms with Crippen LogP contribution in [0.4, 0.5) is 0 Å². The number of carbonyl (C=O) groups is 1. The van der Waals surface area contributed by atoms with Crippen molar-refractivity contribution in [2.45, 2.75) is 52.6 Å². The SMILES string of the molecule is CC[C@H](C)N(C(=O)c1cc(C#N)cn1C)[C@@H](C)CC. The van der Waals surface area contributed by atoms with Gasteiger partial charge in [0.25, 0.3) is 5.91 Å². The molecule has 104 valence electrons. The van der Waals surface area contributed by atoms with Crippen LogP contribution in [0.15, 0.2) is 12.3 Å². The number of carbonyl (C=O) groups excluding carboxylic acids is 1. The van der Waals surface area contributed by atoms with Crippen molar-refractivity contribution in [3.63, 3.8) is 0 Å². The van der Waals surface area contributed by atoms with Gasteiger partial charge in [-0.3, -0.25) is 4.79 Å². The maximum Gasteiger partial charge on any atom is 0.270 e. The van der Waals surface area contributed by atoms with E-state index in [2.05, 4.69) is 33.8 Å². The third kappa shape index (κ3) is 3.17. The Hall–Kier alpha value is -1.76. The fraction of sp³-hybridized carbons (Fsp3) is 0.600. The number of aryl methyl sites for hydroxylation is 1. The normalized spacial score (nSPS) is 13.7. The summed E-state index contributed by atoms with van der Waals surface area (Å²) in [5, 5.41) is 8.92. The fourth-order valence-electron chi connectivity index (χ4n) is 2.20. The van der Waals surface area contributed by atoms with E-state index in [4.69, 9.17) is 5.26 Å². The first kappa shape index (κ1) is 15.3. The van der Waals surface area contributed by atoms with Gasteiger partial charge in [0.1, 0.15) is 11.8 Å². The van der Waals surface area contributed by atoms with Gasteiger partial charge in [0.2, 0.25) is 0 Å². The summed E-state index contributed by atoms with van der Waals surface area (Å²) < 4.78 is 1.73. The lowest BCUT2D eigenvalue weighted by atomic mass is 10.1. The second-order valence-electron chi connectivity index (χ2n) is 5.06. The molecule has 0 saturated heterocycles. The summed E-state index contributed by atoms with van der Waals surface area (Å²) in [5.41, 5.74) is 1.11. The molecule has 0 N–H and O–H groups in total. The van der Waals surface area contributed by atoms with E-state index in [-0.39, 0.29) is 18.0 Å². The van der Waals surface area contributed by atoms with Gasteiger partial charge in [-0.15, -0.1) is 0 Å². The zero-order chi connectivity index (χ0) is 14.6. The number of nitriles is 1. The summed E-state index contributed by atoms with van der Waals surface area (Å²) >= 11 is 0. The van der Waals surface area contributed by atoms with E-state index < -0.39 is 0 Å². The van der Waals surface area contributed by atoms with Gasteiger partial charge in [-0.2, -0.15) is 5.26 Å². The second-order valence-corrected chi connectivity index (χ2v) is 5.06. The Labute approximate surface area is 115 Å². The Balaban J connectivity index is 3.12. The third-order valence-electron chi connectivity index (χ3n) is 3.72. The standard InChI is InChI=1S/C15H23N3O/c1-6-11(3)18(12(4)7-2)15(19)14-8-13(9-16)10-17(14)5/h8,10-12H,6-7H2,1-5H3/t11-,12-/m0/s1. The molecule has 0 aliphatic heterocycles. The van der Waals surface area contributed by atoms with Gasteiger partial charge in [0.15, 0.2) is 0 Å². The quantitative estimate of drug-likeness (QED) is 0.818. The smallest absolute Gasteiger partial charge is 0.270 e. The molecule has 1 aromatic heterocycles.